The van der Waals surface area contributed by atoms with Crippen LogP contribution in [0, 0.1) is 0 Å². The van der Waals surface area contributed by atoms with Gasteiger partial charge in [0.15, 0.2) is 0 Å². The van der Waals surface area contributed by atoms with Gasteiger partial charge in [0.2, 0.25) is 0 Å². The molecule has 0 spiro atoms. The molecule has 12 heavy (non-hydrogen) atoms. The van der Waals surface area contributed by atoms with Gasteiger partial charge in [-0.05, 0) is 42.8 Å². The smallest absolute Gasteiger partial charge is 0.321 e. The van der Waals surface area contributed by atoms with Gasteiger partial charge in [-0.1, -0.05) is 0 Å². The molecular formula is C6H12Cl2N2O2. The van der Waals surface area contributed by atoms with E-state index in [1.807, 2.05) is 0 Å². The minimum Gasteiger partial charge on any atom is -0.480 e. The highest BCUT2D eigenvalue weighted by atomic mass is 35.5. The summed E-state index contributed by atoms with van der Waals surface area (Å²) < 4.78 is 0. The second-order valence-electron chi connectivity index (χ2n) is 2.38. The number of hydrogen-bond donors (Lipinski definition) is 3. The highest BCUT2D eigenvalue weighted by Gasteiger charge is 2.14. The van der Waals surface area contributed by atoms with E-state index in [1.165, 1.54) is 0 Å². The Bertz CT molecular complexity index is 135. The molecule has 0 saturated heterocycles. The summed E-state index contributed by atoms with van der Waals surface area (Å²) in [5.74, 6) is -0.927. The lowest BCUT2D eigenvalue weighted by Gasteiger charge is -2.08. The van der Waals surface area contributed by atoms with E-state index in [2.05, 4.69) is 9.67 Å². The Hall–Kier alpha value is -0.0300. The van der Waals surface area contributed by atoms with E-state index >= 15 is 0 Å². The number of carboxylic acid groups (broad SMARTS) is 1. The van der Waals surface area contributed by atoms with Crippen LogP contribution in [0.2, 0.25) is 0 Å². The molecule has 0 radical (unpaired) electrons. The van der Waals surface area contributed by atoms with Crippen molar-refractivity contribution in [2.75, 3.05) is 6.54 Å². The normalized spacial score (nSPS) is 12.8. The summed E-state index contributed by atoms with van der Waals surface area (Å²) >= 11 is 10.4. The number of aliphatic carboxylic acids is 1. The Balaban J connectivity index is 3.38. The third-order valence-corrected chi connectivity index (χ3v) is 1.90. The van der Waals surface area contributed by atoms with Crippen LogP contribution in [0.25, 0.3) is 0 Å². The van der Waals surface area contributed by atoms with E-state index in [4.69, 9.17) is 28.7 Å². The average molecular weight is 215 g/mol. The fraction of sp³-hybridized carbons (Fsp3) is 0.833. The van der Waals surface area contributed by atoms with Crippen molar-refractivity contribution in [1.82, 2.24) is 9.67 Å². The molecule has 0 amide bonds. The van der Waals surface area contributed by atoms with Crippen LogP contribution in [-0.2, 0) is 4.79 Å². The number of hydrogen-bond acceptors (Lipinski definition) is 3. The van der Waals surface area contributed by atoms with Gasteiger partial charge in [-0.15, -0.1) is 0 Å². The van der Waals surface area contributed by atoms with Gasteiger partial charge in [-0.2, -0.15) is 0 Å². The third-order valence-electron chi connectivity index (χ3n) is 1.44. The monoisotopic (exact) mass is 214 g/mol. The number of carboxylic acids is 1. The van der Waals surface area contributed by atoms with Gasteiger partial charge in [-0.3, -0.25) is 4.79 Å². The van der Waals surface area contributed by atoms with Crippen molar-refractivity contribution in [3.05, 3.63) is 0 Å². The molecule has 0 aliphatic rings. The molecule has 1 atom stereocenters. The number of nitrogens with one attached hydrogen (secondary N) is 2. The SMILES string of the molecule is O=C(O)[C@H](CCCCNCl)NCl. The fourth-order valence-corrected chi connectivity index (χ4v) is 1.10. The Morgan fingerprint density at radius 2 is 2.08 bits per heavy atom. The summed E-state index contributed by atoms with van der Waals surface area (Å²) in [5.41, 5.74) is 0. The van der Waals surface area contributed by atoms with Gasteiger partial charge in [0.25, 0.3) is 0 Å². The first kappa shape index (κ1) is 12.0. The van der Waals surface area contributed by atoms with Crippen molar-refractivity contribution in [2.24, 2.45) is 0 Å². The zero-order valence-electron chi connectivity index (χ0n) is 6.52. The molecule has 0 unspecified atom stereocenters. The predicted octanol–water partition coefficient (Wildman–Crippen LogP) is 1.10. The molecule has 0 heterocycles. The Labute approximate surface area is 81.4 Å². The van der Waals surface area contributed by atoms with Gasteiger partial charge in [0, 0.05) is 6.54 Å². The standard InChI is InChI=1S/C6H12Cl2N2O2/c7-9-4-2-1-3-5(10-8)6(11)12/h5,9-10H,1-4H2,(H,11,12)/t5-/m0/s1. The minimum absolute atomic E-state index is 0.511. The lowest BCUT2D eigenvalue weighted by atomic mass is 10.1. The molecule has 0 fully saturated rings. The molecule has 0 aromatic heterocycles. The fourth-order valence-electron chi connectivity index (χ4n) is 0.765. The van der Waals surface area contributed by atoms with Gasteiger partial charge < -0.3 is 5.11 Å². The van der Waals surface area contributed by atoms with E-state index in [0.29, 0.717) is 13.0 Å². The summed E-state index contributed by atoms with van der Waals surface area (Å²) in [6, 6.07) is -0.665. The number of carbonyl (C=O) groups is 1. The first-order valence-corrected chi connectivity index (χ1v) is 4.40. The Morgan fingerprint density at radius 3 is 2.50 bits per heavy atom. The molecule has 72 valence electrons. The predicted molar refractivity (Wildman–Crippen MR) is 48.1 cm³/mol. The van der Waals surface area contributed by atoms with Crippen molar-refractivity contribution in [3.63, 3.8) is 0 Å². The van der Waals surface area contributed by atoms with Crippen molar-refractivity contribution < 1.29 is 9.90 Å². The number of unbranched alkanes of at least 4 members (excludes halogenated alkanes) is 1. The van der Waals surface area contributed by atoms with Crippen LogP contribution < -0.4 is 9.67 Å². The van der Waals surface area contributed by atoms with Crippen molar-refractivity contribution in [1.29, 1.82) is 0 Å². The van der Waals surface area contributed by atoms with Crippen LogP contribution in [0.3, 0.4) is 0 Å². The highest BCUT2D eigenvalue weighted by Crippen LogP contribution is 2.01. The lowest BCUT2D eigenvalue weighted by Crippen LogP contribution is -2.30. The maximum atomic E-state index is 10.4. The Morgan fingerprint density at radius 1 is 1.42 bits per heavy atom. The molecule has 3 N–H and O–H groups in total. The summed E-state index contributed by atoms with van der Waals surface area (Å²) in [5, 5.41) is 8.54. The highest BCUT2D eigenvalue weighted by molar-refractivity contribution is 6.14. The number of halogens is 2. The summed E-state index contributed by atoms with van der Waals surface area (Å²) in [6.07, 6.45) is 2.12. The van der Waals surface area contributed by atoms with E-state index in [9.17, 15) is 4.79 Å². The van der Waals surface area contributed by atoms with E-state index in [0.717, 1.165) is 12.8 Å². The van der Waals surface area contributed by atoms with Crippen LogP contribution >= 0.6 is 23.6 Å². The molecule has 6 heteroatoms. The molecule has 4 nitrogen and oxygen atoms in total. The second-order valence-corrected chi connectivity index (χ2v) is 2.86. The van der Waals surface area contributed by atoms with Crippen LogP contribution in [0.5, 0.6) is 0 Å². The van der Waals surface area contributed by atoms with Crippen LogP contribution in [0.15, 0.2) is 0 Å². The maximum absolute atomic E-state index is 10.4. The molecular weight excluding hydrogens is 203 g/mol. The summed E-state index contributed by atoms with van der Waals surface area (Å²) in [7, 11) is 0. The lowest BCUT2D eigenvalue weighted by molar-refractivity contribution is -0.139. The molecule has 0 aromatic rings. The van der Waals surface area contributed by atoms with E-state index in [-0.39, 0.29) is 0 Å². The van der Waals surface area contributed by atoms with Crippen LogP contribution in [-0.4, -0.2) is 23.7 Å². The first-order valence-electron chi connectivity index (χ1n) is 3.64. The van der Waals surface area contributed by atoms with Crippen molar-refractivity contribution >= 4 is 29.5 Å². The molecule has 0 aliphatic heterocycles. The van der Waals surface area contributed by atoms with Crippen molar-refractivity contribution in [3.8, 4) is 0 Å². The van der Waals surface area contributed by atoms with Gasteiger partial charge in [0.05, 0.1) is 0 Å². The molecule has 0 rings (SSSR count). The van der Waals surface area contributed by atoms with E-state index < -0.39 is 12.0 Å². The third kappa shape index (κ3) is 5.60. The Kier molecular flexibility index (Phi) is 7.59. The zero-order chi connectivity index (χ0) is 9.40. The van der Waals surface area contributed by atoms with Gasteiger partial charge in [0.1, 0.15) is 6.04 Å². The molecule has 0 aromatic carbocycles. The van der Waals surface area contributed by atoms with Gasteiger partial charge >= 0.3 is 5.97 Å². The quantitative estimate of drug-likeness (QED) is 0.439. The number of rotatable bonds is 7. The zero-order valence-corrected chi connectivity index (χ0v) is 8.03. The van der Waals surface area contributed by atoms with Crippen molar-refractivity contribution in [2.45, 2.75) is 25.3 Å². The maximum Gasteiger partial charge on any atom is 0.321 e. The molecule has 0 saturated carbocycles. The van der Waals surface area contributed by atoms with Gasteiger partial charge in [-0.25, -0.2) is 9.67 Å². The first-order chi connectivity index (χ1) is 5.72. The molecule has 0 aliphatic carbocycles. The summed E-state index contributed by atoms with van der Waals surface area (Å²) in [4.78, 5) is 15.1. The topological polar surface area (TPSA) is 61.4 Å². The molecule has 0 bridgehead atoms. The average Bonchev–Trinajstić information content (AvgIpc) is 2.04. The second kappa shape index (κ2) is 7.61. The summed E-state index contributed by atoms with van der Waals surface area (Å²) in [6.45, 7) is 0.677. The van der Waals surface area contributed by atoms with Crippen LogP contribution in [0.1, 0.15) is 19.3 Å². The van der Waals surface area contributed by atoms with Crippen LogP contribution in [0.4, 0.5) is 0 Å². The largest absolute Gasteiger partial charge is 0.480 e. The minimum atomic E-state index is -0.927. The van der Waals surface area contributed by atoms with E-state index in [1.54, 1.807) is 0 Å².